The molecule has 0 aliphatic carbocycles. The quantitative estimate of drug-likeness (QED) is 0.470. The number of carbonyl (C=O) groups is 1. The van der Waals surface area contributed by atoms with Gasteiger partial charge in [0.1, 0.15) is 11.1 Å². The highest BCUT2D eigenvalue weighted by Gasteiger charge is 2.23. The molecule has 1 aliphatic heterocycles. The summed E-state index contributed by atoms with van der Waals surface area (Å²) in [4.78, 5) is 18.5. The van der Waals surface area contributed by atoms with Crippen molar-refractivity contribution < 1.29 is 18.8 Å². The summed E-state index contributed by atoms with van der Waals surface area (Å²) in [5.74, 6) is 0.0534. The maximum absolute atomic E-state index is 12.4. The summed E-state index contributed by atoms with van der Waals surface area (Å²) >= 11 is 1.20. The molecule has 0 radical (unpaired) electrons. The lowest BCUT2D eigenvalue weighted by molar-refractivity contribution is -0.759. The highest BCUT2D eigenvalue weighted by atomic mass is 32.2. The molecule has 4 rings (SSSR count). The maximum Gasteiger partial charge on any atom is 0.305 e. The second kappa shape index (κ2) is 9.39. The van der Waals surface area contributed by atoms with Crippen LogP contribution in [0, 0.1) is 11.3 Å². The molecule has 0 saturated carbocycles. The van der Waals surface area contributed by atoms with Gasteiger partial charge in [0.25, 0.3) is 6.20 Å². The number of nitrogens with one attached hydrogen (secondary N) is 1. The number of benzene rings is 1. The second-order valence-electron chi connectivity index (χ2n) is 6.42. The number of thioether (sulfide) groups is 1. The van der Waals surface area contributed by atoms with Crippen molar-refractivity contribution in [3.8, 4) is 17.3 Å². The largest absolute Gasteiger partial charge is 0.377 e. The predicted octanol–water partition coefficient (Wildman–Crippen LogP) is 1.59. The normalized spacial score (nSPS) is 13.6. The molecule has 0 bridgehead atoms. The maximum atomic E-state index is 12.4. The van der Waals surface area contributed by atoms with Gasteiger partial charge in [0.15, 0.2) is 0 Å². The standard InChI is InChI=1S/C20H18N6O3S/c21-12-16-6-7-17(15-4-2-1-3-5-15)22-20(16)30-14-18(27)23-19-13-26(24-29-19)25-8-10-28-11-9-25/h1-7,13H,8-11,14H2/p+1. The Balaban J connectivity index is 1.39. The van der Waals surface area contributed by atoms with Crippen molar-refractivity contribution in [3.05, 3.63) is 54.2 Å². The minimum absolute atomic E-state index is 0.0815. The highest BCUT2D eigenvalue weighted by Crippen LogP contribution is 2.25. The fourth-order valence-corrected chi connectivity index (χ4v) is 3.67. The van der Waals surface area contributed by atoms with Gasteiger partial charge in [-0.25, -0.2) is 4.98 Å². The van der Waals surface area contributed by atoms with Crippen LogP contribution in [0.4, 0.5) is 5.88 Å². The van der Waals surface area contributed by atoms with Crippen LogP contribution >= 0.6 is 11.8 Å². The van der Waals surface area contributed by atoms with Gasteiger partial charge in [-0.2, -0.15) is 5.26 Å². The first-order valence-corrected chi connectivity index (χ1v) is 10.3. The first kappa shape index (κ1) is 19.9. The Bertz CT molecular complexity index is 1060. The van der Waals surface area contributed by atoms with E-state index in [0.29, 0.717) is 36.9 Å². The monoisotopic (exact) mass is 423 g/mol. The molecule has 30 heavy (non-hydrogen) atoms. The molecule has 0 spiro atoms. The van der Waals surface area contributed by atoms with Crippen LogP contribution in [0.25, 0.3) is 11.3 Å². The number of nitrogens with zero attached hydrogens (tertiary/aromatic N) is 5. The second-order valence-corrected chi connectivity index (χ2v) is 7.38. The Labute approximate surface area is 177 Å². The summed E-state index contributed by atoms with van der Waals surface area (Å²) in [6.45, 7) is 2.63. The zero-order valence-electron chi connectivity index (χ0n) is 16.0. The van der Waals surface area contributed by atoms with E-state index in [1.165, 1.54) is 11.8 Å². The molecular weight excluding hydrogens is 404 g/mol. The number of anilines is 1. The fourth-order valence-electron chi connectivity index (χ4n) is 2.90. The lowest BCUT2D eigenvalue weighted by Crippen LogP contribution is -2.62. The first-order valence-electron chi connectivity index (χ1n) is 9.34. The molecule has 152 valence electrons. The molecule has 9 nitrogen and oxygen atoms in total. The summed E-state index contributed by atoms with van der Waals surface area (Å²) in [7, 11) is 0. The van der Waals surface area contributed by atoms with E-state index < -0.39 is 0 Å². The number of nitriles is 1. The van der Waals surface area contributed by atoms with Gasteiger partial charge in [-0.3, -0.25) is 14.6 Å². The van der Waals surface area contributed by atoms with Crippen LogP contribution in [0.15, 0.2) is 58.2 Å². The molecule has 1 saturated heterocycles. The fraction of sp³-hybridized carbons (Fsp3) is 0.250. The van der Waals surface area contributed by atoms with Gasteiger partial charge in [-0.15, -0.1) is 5.01 Å². The van der Waals surface area contributed by atoms with Crippen LogP contribution in [0.1, 0.15) is 5.56 Å². The lowest BCUT2D eigenvalue weighted by atomic mass is 10.1. The number of pyridine rings is 1. The summed E-state index contributed by atoms with van der Waals surface area (Å²) in [6.07, 6.45) is 1.61. The molecule has 1 aliphatic rings. The van der Waals surface area contributed by atoms with Crippen molar-refractivity contribution in [2.75, 3.05) is 42.4 Å². The predicted molar refractivity (Wildman–Crippen MR) is 109 cm³/mol. The third-order valence-corrected chi connectivity index (χ3v) is 5.38. The zero-order valence-corrected chi connectivity index (χ0v) is 16.8. The van der Waals surface area contributed by atoms with Gasteiger partial charge in [0.2, 0.25) is 11.2 Å². The van der Waals surface area contributed by atoms with Crippen molar-refractivity contribution in [2.45, 2.75) is 5.03 Å². The molecule has 3 aromatic rings. The first-order chi connectivity index (χ1) is 14.7. The third-order valence-electron chi connectivity index (χ3n) is 4.39. The molecule has 1 N–H and O–H groups in total. The van der Waals surface area contributed by atoms with Crippen molar-refractivity contribution in [3.63, 3.8) is 0 Å². The van der Waals surface area contributed by atoms with E-state index >= 15 is 0 Å². The van der Waals surface area contributed by atoms with Gasteiger partial charge < -0.3 is 4.74 Å². The van der Waals surface area contributed by atoms with Gasteiger partial charge in [-0.05, 0) is 12.1 Å². The molecule has 1 aromatic carbocycles. The summed E-state index contributed by atoms with van der Waals surface area (Å²) < 4.78 is 10.5. The Morgan fingerprint density at radius 2 is 2.03 bits per heavy atom. The van der Waals surface area contributed by atoms with E-state index in [1.807, 2.05) is 35.3 Å². The van der Waals surface area contributed by atoms with Gasteiger partial charge in [-0.1, -0.05) is 42.1 Å². The van der Waals surface area contributed by atoms with Crippen molar-refractivity contribution in [1.82, 2.24) is 10.3 Å². The number of amides is 1. The average molecular weight is 423 g/mol. The summed E-state index contributed by atoms with van der Waals surface area (Å²) in [5.41, 5.74) is 2.12. The molecule has 0 atom stereocenters. The Kier molecular flexibility index (Phi) is 6.22. The van der Waals surface area contributed by atoms with E-state index in [2.05, 4.69) is 21.6 Å². The number of ether oxygens (including phenoxy) is 1. The average Bonchev–Trinajstić information content (AvgIpc) is 3.27. The number of morpholine rings is 1. The summed E-state index contributed by atoms with van der Waals surface area (Å²) in [5, 5.41) is 18.4. The van der Waals surface area contributed by atoms with Gasteiger partial charge in [0.05, 0.1) is 48.1 Å². The number of aromatic nitrogens is 3. The number of hydrogen-bond acceptors (Lipinski definition) is 8. The molecule has 3 heterocycles. The minimum Gasteiger partial charge on any atom is -0.377 e. The molecule has 1 amide bonds. The lowest BCUT2D eigenvalue weighted by Gasteiger charge is -2.18. The topological polar surface area (TPSA) is 108 Å². The number of rotatable bonds is 6. The number of hydrogen-bond donors (Lipinski definition) is 1. The molecular formula is C20H19N6O3S+. The van der Waals surface area contributed by atoms with Crippen LogP contribution in [0.5, 0.6) is 0 Å². The molecule has 1 fully saturated rings. The van der Waals surface area contributed by atoms with Gasteiger partial charge in [0, 0.05) is 5.56 Å². The Morgan fingerprint density at radius 1 is 1.23 bits per heavy atom. The van der Waals surface area contributed by atoms with Crippen molar-refractivity contribution in [2.24, 2.45) is 0 Å². The van der Waals surface area contributed by atoms with E-state index in [4.69, 9.17) is 9.26 Å². The van der Waals surface area contributed by atoms with Crippen molar-refractivity contribution >= 4 is 23.6 Å². The molecule has 10 heteroatoms. The SMILES string of the molecule is N#Cc1ccc(-c2ccccc2)nc1SCC(=O)Nc1c[n+](N2CCOCC2)no1. The highest BCUT2D eigenvalue weighted by molar-refractivity contribution is 8.00. The van der Waals surface area contributed by atoms with Crippen molar-refractivity contribution in [1.29, 1.82) is 5.26 Å². The molecule has 0 unspecified atom stereocenters. The minimum atomic E-state index is -0.277. The van der Waals surface area contributed by atoms with Crippen LogP contribution in [0.2, 0.25) is 0 Å². The van der Waals surface area contributed by atoms with E-state index in [1.54, 1.807) is 23.1 Å². The van der Waals surface area contributed by atoms with Crippen LogP contribution in [-0.2, 0) is 9.53 Å². The van der Waals surface area contributed by atoms with Crippen LogP contribution < -0.4 is 15.1 Å². The Hall–Kier alpha value is -3.42. The smallest absolute Gasteiger partial charge is 0.305 e. The number of carbonyl (C=O) groups excluding carboxylic acids is 1. The van der Waals surface area contributed by atoms with Crippen LogP contribution in [0.3, 0.4) is 0 Å². The summed E-state index contributed by atoms with van der Waals surface area (Å²) in [6, 6.07) is 15.3. The molecule has 2 aromatic heterocycles. The van der Waals surface area contributed by atoms with Gasteiger partial charge >= 0.3 is 5.88 Å². The Morgan fingerprint density at radius 3 is 2.80 bits per heavy atom. The van der Waals surface area contributed by atoms with E-state index in [9.17, 15) is 10.1 Å². The zero-order chi connectivity index (χ0) is 20.8. The third kappa shape index (κ3) is 4.76. The van der Waals surface area contributed by atoms with E-state index in [-0.39, 0.29) is 17.5 Å². The van der Waals surface area contributed by atoms with E-state index in [0.717, 1.165) is 11.3 Å². The van der Waals surface area contributed by atoms with Crippen LogP contribution in [-0.4, -0.2) is 48.2 Å².